The molecular formula is C26H22N4O2S. The van der Waals surface area contributed by atoms with Gasteiger partial charge in [0, 0.05) is 30.1 Å². The lowest BCUT2D eigenvalue weighted by atomic mass is 10.1. The fraction of sp³-hybridized carbons (Fsp3) is 0.0769. The summed E-state index contributed by atoms with van der Waals surface area (Å²) < 4.78 is 25.9. The Labute approximate surface area is 192 Å². The third-order valence-electron chi connectivity index (χ3n) is 5.42. The van der Waals surface area contributed by atoms with Gasteiger partial charge in [0.25, 0.3) is 0 Å². The molecule has 1 N–H and O–H groups in total. The van der Waals surface area contributed by atoms with Crippen molar-refractivity contribution in [3.63, 3.8) is 0 Å². The van der Waals surface area contributed by atoms with Crippen LogP contribution in [-0.2, 0) is 16.4 Å². The van der Waals surface area contributed by atoms with Crippen LogP contribution in [0.5, 0.6) is 0 Å². The highest BCUT2D eigenvalue weighted by atomic mass is 32.2. The summed E-state index contributed by atoms with van der Waals surface area (Å²) >= 11 is 0. The van der Waals surface area contributed by atoms with E-state index in [1.165, 1.54) is 6.26 Å². The van der Waals surface area contributed by atoms with Gasteiger partial charge in [0.15, 0.2) is 21.5 Å². The molecule has 0 bridgehead atoms. The quantitative estimate of drug-likeness (QED) is 0.387. The molecule has 0 amide bonds. The molecule has 0 atom stereocenters. The second-order valence-electron chi connectivity index (χ2n) is 7.81. The highest BCUT2D eigenvalue weighted by molar-refractivity contribution is 7.90. The summed E-state index contributed by atoms with van der Waals surface area (Å²) in [6, 6.07) is 28.9. The first-order valence-electron chi connectivity index (χ1n) is 10.5. The molecule has 164 valence electrons. The summed E-state index contributed by atoms with van der Waals surface area (Å²) in [4.78, 5) is 5.07. The van der Waals surface area contributed by atoms with Gasteiger partial charge in [0.2, 0.25) is 0 Å². The summed E-state index contributed by atoms with van der Waals surface area (Å²) in [5, 5.41) is 8.17. The third-order valence-corrected chi connectivity index (χ3v) is 6.53. The van der Waals surface area contributed by atoms with Gasteiger partial charge in [-0.1, -0.05) is 72.8 Å². The van der Waals surface area contributed by atoms with E-state index < -0.39 is 9.84 Å². The minimum Gasteiger partial charge on any atom is -0.364 e. The average Bonchev–Trinajstić information content (AvgIpc) is 3.28. The van der Waals surface area contributed by atoms with Gasteiger partial charge in [-0.3, -0.25) is 0 Å². The Bertz CT molecular complexity index is 1530. The van der Waals surface area contributed by atoms with E-state index in [0.29, 0.717) is 23.8 Å². The summed E-state index contributed by atoms with van der Waals surface area (Å²) in [6.07, 6.45) is 3.10. The minimum atomic E-state index is -3.34. The van der Waals surface area contributed by atoms with Crippen molar-refractivity contribution < 1.29 is 8.42 Å². The zero-order valence-electron chi connectivity index (χ0n) is 18.0. The number of nitrogens with zero attached hydrogens (tertiary/aromatic N) is 3. The molecule has 0 radical (unpaired) electrons. The summed E-state index contributed by atoms with van der Waals surface area (Å²) in [5.74, 6) is 1.12. The molecule has 7 heteroatoms. The molecule has 0 fully saturated rings. The molecule has 5 aromatic rings. The molecule has 0 saturated heterocycles. The Hall–Kier alpha value is -3.97. The van der Waals surface area contributed by atoms with E-state index in [1.54, 1.807) is 22.7 Å². The smallest absolute Gasteiger partial charge is 0.182 e. The molecule has 6 nitrogen and oxygen atoms in total. The number of sulfone groups is 1. The molecule has 33 heavy (non-hydrogen) atoms. The first-order valence-corrected chi connectivity index (χ1v) is 12.4. The van der Waals surface area contributed by atoms with E-state index >= 15 is 0 Å². The van der Waals surface area contributed by atoms with Crippen molar-refractivity contribution in [1.82, 2.24) is 14.6 Å². The molecule has 2 heterocycles. The highest BCUT2D eigenvalue weighted by Crippen LogP contribution is 2.31. The Balaban J connectivity index is 1.65. The van der Waals surface area contributed by atoms with Crippen molar-refractivity contribution in [3.05, 3.63) is 103 Å². The van der Waals surface area contributed by atoms with Gasteiger partial charge in [-0.15, -0.1) is 5.10 Å². The van der Waals surface area contributed by atoms with Crippen LogP contribution in [-0.4, -0.2) is 29.3 Å². The monoisotopic (exact) mass is 454 g/mol. The van der Waals surface area contributed by atoms with E-state index in [2.05, 4.69) is 29.6 Å². The van der Waals surface area contributed by atoms with Crippen molar-refractivity contribution in [1.29, 1.82) is 0 Å². The number of anilines is 1. The van der Waals surface area contributed by atoms with Gasteiger partial charge >= 0.3 is 0 Å². The van der Waals surface area contributed by atoms with Crippen LogP contribution in [0.15, 0.2) is 102 Å². The predicted octanol–water partition coefficient (Wildman–Crippen LogP) is 5.08. The topological polar surface area (TPSA) is 76.4 Å². The number of rotatable bonds is 6. The number of hydrogen-bond acceptors (Lipinski definition) is 5. The fourth-order valence-electron chi connectivity index (χ4n) is 3.77. The summed E-state index contributed by atoms with van der Waals surface area (Å²) in [6.45, 7) is 0.593. The third kappa shape index (κ3) is 4.36. The van der Waals surface area contributed by atoms with Gasteiger partial charge < -0.3 is 5.32 Å². The maximum absolute atomic E-state index is 12.1. The van der Waals surface area contributed by atoms with E-state index in [1.807, 2.05) is 54.7 Å². The predicted molar refractivity (Wildman–Crippen MR) is 131 cm³/mol. The largest absolute Gasteiger partial charge is 0.364 e. The van der Waals surface area contributed by atoms with Crippen LogP contribution in [0.4, 0.5) is 5.82 Å². The molecule has 0 saturated carbocycles. The number of benzene rings is 3. The second-order valence-corrected chi connectivity index (χ2v) is 9.83. The fourth-order valence-corrected chi connectivity index (χ4v) is 4.44. The zero-order valence-corrected chi connectivity index (χ0v) is 18.8. The number of aromatic nitrogens is 3. The molecular weight excluding hydrogens is 432 g/mol. The molecule has 2 aromatic heterocycles. The number of nitrogens with one attached hydrogen (secondary N) is 1. The number of fused-ring (bicyclic) bond motifs is 1. The van der Waals surface area contributed by atoms with E-state index in [9.17, 15) is 8.42 Å². The first kappa shape index (κ1) is 20.9. The zero-order chi connectivity index (χ0) is 22.8. The standard InChI is InChI=1S/C26H22N4O2S/c1-33(31,32)22-14-8-13-21(17-22)25-28-26(27-18-19-9-4-2-5-10-19)24-23(15-16-30(24)29-25)20-11-6-3-7-12-20/h2-17H,18H2,1H3,(H,27,28,29). The molecule has 0 unspecified atom stereocenters. The van der Waals surface area contributed by atoms with Gasteiger partial charge in [0.1, 0.15) is 5.52 Å². The molecule has 5 rings (SSSR count). The SMILES string of the molecule is CS(=O)(=O)c1cccc(-c2nc(NCc3ccccc3)c3c(-c4ccccc4)ccn3n2)c1. The Morgan fingerprint density at radius 3 is 2.27 bits per heavy atom. The number of hydrogen-bond donors (Lipinski definition) is 1. The maximum Gasteiger partial charge on any atom is 0.182 e. The van der Waals surface area contributed by atoms with Crippen molar-refractivity contribution in [2.75, 3.05) is 11.6 Å². The Kier molecular flexibility index (Phi) is 5.40. The Morgan fingerprint density at radius 2 is 1.55 bits per heavy atom. The molecule has 0 aliphatic carbocycles. The average molecular weight is 455 g/mol. The van der Waals surface area contributed by atoms with Crippen LogP contribution in [0.1, 0.15) is 5.56 Å². The van der Waals surface area contributed by atoms with Crippen LogP contribution in [0, 0.1) is 0 Å². The molecule has 3 aromatic carbocycles. The van der Waals surface area contributed by atoms with Gasteiger partial charge in [0.05, 0.1) is 4.90 Å². The van der Waals surface area contributed by atoms with Crippen LogP contribution in [0.3, 0.4) is 0 Å². The molecule has 0 aliphatic heterocycles. The van der Waals surface area contributed by atoms with Crippen molar-refractivity contribution in [2.24, 2.45) is 0 Å². The van der Waals surface area contributed by atoms with E-state index in [0.717, 1.165) is 22.2 Å². The van der Waals surface area contributed by atoms with Gasteiger partial charge in [-0.25, -0.2) is 17.9 Å². The summed E-state index contributed by atoms with van der Waals surface area (Å²) in [5.41, 5.74) is 4.71. The van der Waals surface area contributed by atoms with Crippen LogP contribution >= 0.6 is 0 Å². The van der Waals surface area contributed by atoms with Crippen molar-refractivity contribution in [3.8, 4) is 22.5 Å². The first-order chi connectivity index (χ1) is 16.0. The highest BCUT2D eigenvalue weighted by Gasteiger charge is 2.16. The van der Waals surface area contributed by atoms with Crippen molar-refractivity contribution >= 4 is 21.2 Å². The molecule has 0 spiro atoms. The van der Waals surface area contributed by atoms with Crippen LogP contribution in [0.25, 0.3) is 28.0 Å². The van der Waals surface area contributed by atoms with Gasteiger partial charge in [-0.2, -0.15) is 0 Å². The minimum absolute atomic E-state index is 0.236. The maximum atomic E-state index is 12.1. The second kappa shape index (κ2) is 8.52. The van der Waals surface area contributed by atoms with Crippen LogP contribution in [0.2, 0.25) is 0 Å². The molecule has 0 aliphatic rings. The lowest BCUT2D eigenvalue weighted by molar-refractivity contribution is 0.602. The normalized spacial score (nSPS) is 11.5. The lowest BCUT2D eigenvalue weighted by Crippen LogP contribution is -2.07. The Morgan fingerprint density at radius 1 is 0.848 bits per heavy atom. The lowest BCUT2D eigenvalue weighted by Gasteiger charge is -2.12. The van der Waals surface area contributed by atoms with Gasteiger partial charge in [-0.05, 0) is 29.3 Å². The van der Waals surface area contributed by atoms with E-state index in [-0.39, 0.29) is 4.90 Å². The van der Waals surface area contributed by atoms with Crippen LogP contribution < -0.4 is 5.32 Å². The van der Waals surface area contributed by atoms with E-state index in [4.69, 9.17) is 10.1 Å². The van der Waals surface area contributed by atoms with Crippen molar-refractivity contribution in [2.45, 2.75) is 11.4 Å². The summed E-state index contributed by atoms with van der Waals surface area (Å²) in [7, 11) is -3.34.